The van der Waals surface area contributed by atoms with Gasteiger partial charge in [-0.25, -0.2) is 9.97 Å². The molecule has 3 aromatic carbocycles. The van der Waals surface area contributed by atoms with Crippen molar-refractivity contribution in [2.24, 2.45) is 0 Å². The quantitative estimate of drug-likeness (QED) is 0.233. The molecule has 0 spiro atoms. The van der Waals surface area contributed by atoms with Crippen LogP contribution in [-0.4, -0.2) is 16.6 Å². The van der Waals surface area contributed by atoms with Gasteiger partial charge in [0.1, 0.15) is 35.1 Å². The zero-order valence-electron chi connectivity index (χ0n) is 19.4. The van der Waals surface area contributed by atoms with Gasteiger partial charge in [-0.15, -0.1) is 11.3 Å². The van der Waals surface area contributed by atoms with Crippen molar-refractivity contribution in [3.8, 4) is 22.6 Å². The molecule has 1 N–H and O–H groups in total. The molecular weight excluding hydrogens is 478 g/mol. The molecule has 0 unspecified atom stereocenters. The van der Waals surface area contributed by atoms with Crippen molar-refractivity contribution in [2.75, 3.05) is 11.9 Å². The summed E-state index contributed by atoms with van der Waals surface area (Å²) in [6.45, 7) is 5.23. The molecule has 0 radical (unpaired) electrons. The third-order valence-corrected chi connectivity index (χ3v) is 6.82. The minimum Gasteiger partial charge on any atom is -0.494 e. The van der Waals surface area contributed by atoms with E-state index in [1.165, 1.54) is 4.88 Å². The first-order valence-corrected chi connectivity index (χ1v) is 12.5. The predicted octanol–water partition coefficient (Wildman–Crippen LogP) is 8.04. The second-order valence-corrected chi connectivity index (χ2v) is 9.60. The van der Waals surface area contributed by atoms with Crippen LogP contribution >= 0.6 is 22.9 Å². The smallest absolute Gasteiger partial charge is 0.143 e. The van der Waals surface area contributed by atoms with Crippen LogP contribution in [-0.2, 0) is 6.61 Å². The van der Waals surface area contributed by atoms with E-state index >= 15 is 0 Å². The summed E-state index contributed by atoms with van der Waals surface area (Å²) in [6, 6.07) is 23.7. The lowest BCUT2D eigenvalue weighted by atomic mass is 10.0. The van der Waals surface area contributed by atoms with Gasteiger partial charge in [-0.3, -0.25) is 0 Å². The van der Waals surface area contributed by atoms with E-state index in [9.17, 15) is 0 Å². The van der Waals surface area contributed by atoms with E-state index in [-0.39, 0.29) is 0 Å². The zero-order valence-corrected chi connectivity index (χ0v) is 21.0. The van der Waals surface area contributed by atoms with Crippen molar-refractivity contribution in [1.29, 1.82) is 0 Å². The summed E-state index contributed by atoms with van der Waals surface area (Å²) in [6.07, 6.45) is 1.60. The van der Waals surface area contributed by atoms with Gasteiger partial charge in [0.2, 0.25) is 0 Å². The van der Waals surface area contributed by atoms with Gasteiger partial charge in [0.25, 0.3) is 0 Å². The number of fused-ring (bicyclic) bond motifs is 1. The summed E-state index contributed by atoms with van der Waals surface area (Å²) in [5.41, 5.74) is 4.24. The first kappa shape index (κ1) is 23.1. The van der Waals surface area contributed by atoms with Gasteiger partial charge in [0.15, 0.2) is 0 Å². The zero-order chi connectivity index (χ0) is 24.2. The highest BCUT2D eigenvalue weighted by Crippen LogP contribution is 2.41. The predicted molar refractivity (Wildman–Crippen MR) is 144 cm³/mol. The van der Waals surface area contributed by atoms with E-state index in [1.807, 2.05) is 67.6 Å². The molecule has 0 bridgehead atoms. The Morgan fingerprint density at radius 3 is 2.26 bits per heavy atom. The van der Waals surface area contributed by atoms with Gasteiger partial charge < -0.3 is 14.8 Å². The second kappa shape index (κ2) is 10.3. The van der Waals surface area contributed by atoms with Crippen LogP contribution < -0.4 is 14.8 Å². The number of ether oxygens (including phenoxy) is 2. The fraction of sp³-hybridized carbons (Fsp3) is 0.143. The van der Waals surface area contributed by atoms with E-state index < -0.39 is 0 Å². The lowest BCUT2D eigenvalue weighted by Gasteiger charge is -2.11. The normalized spacial score (nSPS) is 10.9. The molecule has 5 aromatic rings. The molecule has 0 saturated heterocycles. The lowest BCUT2D eigenvalue weighted by Crippen LogP contribution is -1.97. The Bertz CT molecular complexity index is 1430. The number of anilines is 2. The first-order valence-electron chi connectivity index (χ1n) is 11.3. The molecule has 35 heavy (non-hydrogen) atoms. The highest BCUT2D eigenvalue weighted by molar-refractivity contribution is 7.19. The Morgan fingerprint density at radius 1 is 0.857 bits per heavy atom. The number of nitrogens with one attached hydrogen (secondary N) is 1. The largest absolute Gasteiger partial charge is 0.494 e. The molecule has 2 aromatic heterocycles. The number of benzene rings is 3. The summed E-state index contributed by atoms with van der Waals surface area (Å²) in [5.74, 6) is 2.43. The number of halogens is 1. The third-order valence-electron chi connectivity index (χ3n) is 5.55. The van der Waals surface area contributed by atoms with Crippen LogP contribution in [0.3, 0.4) is 0 Å². The van der Waals surface area contributed by atoms with Gasteiger partial charge in [-0.2, -0.15) is 0 Å². The number of aryl methyl sites for hydroxylation is 1. The second-order valence-electron chi connectivity index (χ2n) is 7.96. The summed E-state index contributed by atoms with van der Waals surface area (Å²) < 4.78 is 11.5. The molecule has 0 aliphatic rings. The number of aromatic nitrogens is 2. The maximum absolute atomic E-state index is 5.95. The van der Waals surface area contributed by atoms with Crippen LogP contribution in [0.5, 0.6) is 11.5 Å². The standard InChI is InChI=1S/C28H24ClN3O2S/c1-3-33-23-12-6-20(7-13-23)25-18(2)35-28-26(25)27(30-17-31-28)32-22-10-14-24(15-11-22)34-16-19-4-8-21(29)9-5-19/h4-15,17H,3,16H2,1-2H3,(H,30,31,32). The minimum absolute atomic E-state index is 0.482. The lowest BCUT2D eigenvalue weighted by molar-refractivity contribution is 0.306. The summed E-state index contributed by atoms with van der Waals surface area (Å²) >= 11 is 7.62. The number of hydrogen-bond donors (Lipinski definition) is 1. The first-order chi connectivity index (χ1) is 17.1. The van der Waals surface area contributed by atoms with Gasteiger partial charge in [0.05, 0.1) is 12.0 Å². The van der Waals surface area contributed by atoms with E-state index in [0.717, 1.165) is 54.9 Å². The average Bonchev–Trinajstić information content (AvgIpc) is 3.22. The molecule has 5 rings (SSSR count). The van der Waals surface area contributed by atoms with Crippen molar-refractivity contribution < 1.29 is 9.47 Å². The monoisotopic (exact) mass is 501 g/mol. The van der Waals surface area contributed by atoms with Gasteiger partial charge in [0, 0.05) is 21.2 Å². The Labute approximate surface area is 213 Å². The fourth-order valence-corrected chi connectivity index (χ4v) is 5.03. The Kier molecular flexibility index (Phi) is 6.84. The van der Waals surface area contributed by atoms with E-state index in [0.29, 0.717) is 13.2 Å². The van der Waals surface area contributed by atoms with Gasteiger partial charge >= 0.3 is 0 Å². The van der Waals surface area contributed by atoms with Crippen LogP contribution in [0.25, 0.3) is 21.3 Å². The molecule has 176 valence electrons. The topological polar surface area (TPSA) is 56.3 Å². The molecular formula is C28H24ClN3O2S. The van der Waals surface area contributed by atoms with Crippen molar-refractivity contribution in [1.82, 2.24) is 9.97 Å². The Balaban J connectivity index is 1.37. The highest BCUT2D eigenvalue weighted by atomic mass is 35.5. The molecule has 0 amide bonds. The van der Waals surface area contributed by atoms with Crippen LogP contribution in [0.15, 0.2) is 79.1 Å². The molecule has 0 aliphatic carbocycles. The summed E-state index contributed by atoms with van der Waals surface area (Å²) in [4.78, 5) is 11.2. The maximum Gasteiger partial charge on any atom is 0.143 e. The van der Waals surface area contributed by atoms with Crippen molar-refractivity contribution in [3.63, 3.8) is 0 Å². The SMILES string of the molecule is CCOc1ccc(-c2c(C)sc3ncnc(Nc4ccc(OCc5ccc(Cl)cc5)cc4)c23)cc1. The molecule has 7 heteroatoms. The summed E-state index contributed by atoms with van der Waals surface area (Å²) in [5, 5.41) is 5.20. The van der Waals surface area contributed by atoms with Crippen LogP contribution in [0.2, 0.25) is 5.02 Å². The number of nitrogens with zero attached hydrogens (tertiary/aromatic N) is 2. The molecule has 5 nitrogen and oxygen atoms in total. The van der Waals surface area contributed by atoms with Crippen LogP contribution in [0.1, 0.15) is 17.4 Å². The van der Waals surface area contributed by atoms with Gasteiger partial charge in [-0.05, 0) is 73.5 Å². The van der Waals surface area contributed by atoms with Crippen LogP contribution in [0.4, 0.5) is 11.5 Å². The molecule has 0 atom stereocenters. The van der Waals surface area contributed by atoms with E-state index in [2.05, 4.69) is 34.3 Å². The van der Waals surface area contributed by atoms with Crippen LogP contribution in [0, 0.1) is 6.92 Å². The highest BCUT2D eigenvalue weighted by Gasteiger charge is 2.17. The molecule has 0 saturated carbocycles. The van der Waals surface area contributed by atoms with E-state index in [1.54, 1.807) is 17.7 Å². The summed E-state index contributed by atoms with van der Waals surface area (Å²) in [7, 11) is 0. The molecule has 0 aliphatic heterocycles. The minimum atomic E-state index is 0.482. The van der Waals surface area contributed by atoms with Crippen molar-refractivity contribution in [3.05, 3.63) is 94.6 Å². The number of rotatable bonds is 8. The van der Waals surface area contributed by atoms with Gasteiger partial charge in [-0.1, -0.05) is 35.9 Å². The van der Waals surface area contributed by atoms with Crippen molar-refractivity contribution in [2.45, 2.75) is 20.5 Å². The third kappa shape index (κ3) is 5.24. The average molecular weight is 502 g/mol. The fourth-order valence-electron chi connectivity index (χ4n) is 3.89. The number of thiophene rings is 1. The van der Waals surface area contributed by atoms with Crippen molar-refractivity contribution >= 4 is 44.7 Å². The Hall–Kier alpha value is -3.61. The number of hydrogen-bond acceptors (Lipinski definition) is 6. The Morgan fingerprint density at radius 2 is 1.54 bits per heavy atom. The molecule has 2 heterocycles. The van der Waals surface area contributed by atoms with E-state index in [4.69, 9.17) is 21.1 Å². The maximum atomic E-state index is 5.95. The molecule has 0 fully saturated rings.